The molecule has 4 fully saturated rings. The predicted octanol–water partition coefficient (Wildman–Crippen LogP) is 1.88. The number of allylic oxidation sites excluding steroid dienone is 1. The Morgan fingerprint density at radius 1 is 1.42 bits per heavy atom. The van der Waals surface area contributed by atoms with Gasteiger partial charge in [-0.05, 0) is 25.0 Å². The van der Waals surface area contributed by atoms with Gasteiger partial charge in [0.15, 0.2) is 5.72 Å². The molecule has 31 heavy (non-hydrogen) atoms. The summed E-state index contributed by atoms with van der Waals surface area (Å²) in [6.07, 6.45) is 3.20. The molecule has 4 heterocycles. The number of nitrogens with zero attached hydrogens (tertiary/aromatic N) is 1. The van der Waals surface area contributed by atoms with Gasteiger partial charge in [0.2, 0.25) is 0 Å². The van der Waals surface area contributed by atoms with Crippen LogP contribution in [-0.4, -0.2) is 60.2 Å². The number of phenols is 1. The summed E-state index contributed by atoms with van der Waals surface area (Å²) in [5, 5.41) is 13.7. The Labute approximate surface area is 180 Å². The summed E-state index contributed by atoms with van der Waals surface area (Å²) in [6, 6.07) is 5.27. The number of ether oxygens (including phenoxy) is 3. The third kappa shape index (κ3) is 1.87. The van der Waals surface area contributed by atoms with Gasteiger partial charge in [0.25, 0.3) is 0 Å². The zero-order valence-electron chi connectivity index (χ0n) is 17.8. The molecule has 6 atom stereocenters. The lowest BCUT2D eigenvalue weighted by molar-refractivity contribution is -0.196. The van der Waals surface area contributed by atoms with Crippen molar-refractivity contribution in [2.45, 2.75) is 50.1 Å². The van der Waals surface area contributed by atoms with Gasteiger partial charge in [-0.3, -0.25) is 14.5 Å². The normalized spacial score (nSPS) is 42.3. The second kappa shape index (κ2) is 5.81. The molecule has 1 aromatic carbocycles. The Morgan fingerprint density at radius 3 is 2.94 bits per heavy atom. The molecule has 8 nitrogen and oxygen atoms in total. The number of piperidine rings is 2. The molecular weight excluding hydrogens is 400 g/mol. The fourth-order valence-corrected chi connectivity index (χ4v) is 7.56. The highest BCUT2D eigenvalue weighted by Gasteiger charge is 2.87. The summed E-state index contributed by atoms with van der Waals surface area (Å²) in [7, 11) is 1.39. The molecule has 4 bridgehead atoms. The van der Waals surface area contributed by atoms with Gasteiger partial charge in [0, 0.05) is 37.6 Å². The van der Waals surface area contributed by atoms with Crippen molar-refractivity contribution in [2.24, 2.45) is 11.3 Å². The summed E-state index contributed by atoms with van der Waals surface area (Å²) in [4.78, 5) is 28.2. The molecule has 164 valence electrons. The quantitative estimate of drug-likeness (QED) is 0.559. The van der Waals surface area contributed by atoms with Gasteiger partial charge in [-0.25, -0.2) is 0 Å². The van der Waals surface area contributed by atoms with E-state index >= 15 is 0 Å². The van der Waals surface area contributed by atoms with Crippen LogP contribution in [0.15, 0.2) is 29.8 Å². The van der Waals surface area contributed by atoms with Crippen LogP contribution >= 0.6 is 0 Å². The van der Waals surface area contributed by atoms with Crippen LogP contribution in [0.2, 0.25) is 0 Å². The van der Waals surface area contributed by atoms with Crippen molar-refractivity contribution in [1.82, 2.24) is 4.90 Å². The highest BCUT2D eigenvalue weighted by molar-refractivity contribution is 5.86. The molecule has 1 saturated carbocycles. The van der Waals surface area contributed by atoms with Gasteiger partial charge in [0.1, 0.15) is 24.0 Å². The van der Waals surface area contributed by atoms with Crippen LogP contribution in [0.5, 0.6) is 5.75 Å². The largest absolute Gasteiger partial charge is 0.508 e. The van der Waals surface area contributed by atoms with Crippen molar-refractivity contribution in [2.75, 3.05) is 25.6 Å². The molecule has 1 unspecified atom stereocenters. The topological polar surface area (TPSA) is 97.3 Å². The third-order valence-corrected chi connectivity index (χ3v) is 8.51. The zero-order chi connectivity index (χ0) is 21.8. The fraction of sp³-hybridized carbons (Fsp3) is 0.565. The van der Waals surface area contributed by atoms with Crippen molar-refractivity contribution < 1.29 is 28.9 Å². The van der Waals surface area contributed by atoms with E-state index in [9.17, 15) is 14.7 Å². The molecule has 0 amide bonds. The van der Waals surface area contributed by atoms with Gasteiger partial charge in [0.05, 0.1) is 18.6 Å². The first-order valence-electron chi connectivity index (χ1n) is 10.8. The fourth-order valence-electron chi connectivity index (χ4n) is 7.56. The van der Waals surface area contributed by atoms with Gasteiger partial charge in [-0.2, -0.15) is 0 Å². The predicted molar refractivity (Wildman–Crippen MR) is 109 cm³/mol. The van der Waals surface area contributed by atoms with Crippen LogP contribution in [0, 0.1) is 11.3 Å². The molecule has 3 saturated heterocycles. The highest BCUT2D eigenvalue weighted by atomic mass is 16.6. The Bertz CT molecular complexity index is 1050. The SMILES string of the molecule is C/C=C1/CN2[C@@H]3C[C@@]45c6ccc(O)cc6N[C@]4(O3)[C@@H]2C[C@H]1C5(COC(C)=O)C(=O)OC. The van der Waals surface area contributed by atoms with E-state index in [1.54, 1.807) is 12.1 Å². The summed E-state index contributed by atoms with van der Waals surface area (Å²) < 4.78 is 17.8. The zero-order valence-corrected chi connectivity index (χ0v) is 17.8. The van der Waals surface area contributed by atoms with Crippen LogP contribution < -0.4 is 5.32 Å². The van der Waals surface area contributed by atoms with Gasteiger partial charge in [-0.15, -0.1) is 0 Å². The van der Waals surface area contributed by atoms with E-state index in [-0.39, 0.29) is 36.5 Å². The van der Waals surface area contributed by atoms with Crippen molar-refractivity contribution in [3.63, 3.8) is 0 Å². The summed E-state index contributed by atoms with van der Waals surface area (Å²) >= 11 is 0. The molecule has 1 aliphatic carbocycles. The van der Waals surface area contributed by atoms with E-state index in [0.29, 0.717) is 19.4 Å². The number of benzene rings is 1. The number of rotatable bonds is 3. The number of esters is 2. The van der Waals surface area contributed by atoms with Crippen LogP contribution in [0.25, 0.3) is 0 Å². The monoisotopic (exact) mass is 426 g/mol. The minimum atomic E-state index is -1.15. The van der Waals surface area contributed by atoms with Crippen LogP contribution in [0.1, 0.15) is 32.3 Å². The minimum Gasteiger partial charge on any atom is -0.508 e. The lowest BCUT2D eigenvalue weighted by Gasteiger charge is -2.64. The second-order valence-electron chi connectivity index (χ2n) is 9.36. The van der Waals surface area contributed by atoms with Crippen LogP contribution in [0.3, 0.4) is 0 Å². The maximum Gasteiger partial charge on any atom is 0.317 e. The Hall–Kier alpha value is -2.58. The first-order valence-corrected chi connectivity index (χ1v) is 10.8. The van der Waals surface area contributed by atoms with Crippen molar-refractivity contribution >= 4 is 17.6 Å². The van der Waals surface area contributed by atoms with E-state index in [2.05, 4.69) is 16.3 Å². The number of fused-ring (bicyclic) bond motifs is 4. The van der Waals surface area contributed by atoms with Crippen molar-refractivity contribution in [1.29, 1.82) is 0 Å². The number of hydrogen-bond acceptors (Lipinski definition) is 8. The first kappa shape index (κ1) is 19.1. The Kier molecular flexibility index (Phi) is 3.58. The number of carbonyl (C=O) groups excluding carboxylic acids is 2. The third-order valence-electron chi connectivity index (χ3n) is 8.51. The average molecular weight is 426 g/mol. The van der Waals surface area contributed by atoms with E-state index in [1.807, 2.05) is 13.0 Å². The summed E-state index contributed by atoms with van der Waals surface area (Å²) in [5.74, 6) is -0.827. The van der Waals surface area contributed by atoms with E-state index in [4.69, 9.17) is 14.2 Å². The maximum atomic E-state index is 13.8. The second-order valence-corrected chi connectivity index (χ2v) is 9.36. The van der Waals surface area contributed by atoms with Crippen LogP contribution in [-0.2, 0) is 29.2 Å². The smallest absolute Gasteiger partial charge is 0.317 e. The number of methoxy groups -OCH3 is 1. The van der Waals surface area contributed by atoms with E-state index < -0.39 is 22.5 Å². The number of phenolic OH excluding ortho intramolecular Hbond substituents is 1. The van der Waals surface area contributed by atoms with Crippen molar-refractivity contribution in [3.05, 3.63) is 35.4 Å². The average Bonchev–Trinajstić information content (AvgIpc) is 3.34. The number of nitrogens with one attached hydrogen (secondary N) is 1. The molecular formula is C23H26N2O6. The highest BCUT2D eigenvalue weighted by Crippen LogP contribution is 2.76. The molecule has 6 rings (SSSR count). The van der Waals surface area contributed by atoms with E-state index in [0.717, 1.165) is 16.8 Å². The Morgan fingerprint density at radius 2 is 2.23 bits per heavy atom. The standard InChI is InChI=1S/C23H26N2O6/c1-4-13-10-25-18-8-16(13)21(20(28)29-3,11-30-12(2)26)22-9-19(25)31-23(18,22)24-17-7-14(27)5-6-15(17)22/h4-7,16,18-19,24,27H,8-11H2,1-3H3/b13-4-/t16-,18+,19+,21?,22+,23+/m1/s1. The molecule has 8 heteroatoms. The minimum absolute atomic E-state index is 0.0598. The van der Waals surface area contributed by atoms with Crippen LogP contribution in [0.4, 0.5) is 5.69 Å². The van der Waals surface area contributed by atoms with Gasteiger partial charge in [-0.1, -0.05) is 17.7 Å². The van der Waals surface area contributed by atoms with Crippen molar-refractivity contribution in [3.8, 4) is 5.75 Å². The van der Waals surface area contributed by atoms with Gasteiger partial charge >= 0.3 is 11.9 Å². The number of hydrogen-bond donors (Lipinski definition) is 2. The van der Waals surface area contributed by atoms with E-state index in [1.165, 1.54) is 14.0 Å². The summed E-state index contributed by atoms with van der Waals surface area (Å²) in [6.45, 7) is 3.98. The molecule has 0 aromatic heterocycles. The molecule has 4 aliphatic heterocycles. The number of aromatic hydroxyl groups is 1. The molecule has 1 spiro atoms. The molecule has 5 aliphatic rings. The Balaban J connectivity index is 1.69. The lowest BCUT2D eigenvalue weighted by atomic mass is 9.42. The van der Waals surface area contributed by atoms with Gasteiger partial charge < -0.3 is 24.6 Å². The molecule has 0 radical (unpaired) electrons. The summed E-state index contributed by atoms with van der Waals surface area (Å²) in [5.41, 5.74) is 0.0158. The number of carbonyl (C=O) groups is 2. The number of anilines is 1. The first-order chi connectivity index (χ1) is 14.8. The lowest BCUT2D eigenvalue weighted by Crippen LogP contribution is -2.78. The maximum absolute atomic E-state index is 13.8. The molecule has 2 N–H and O–H groups in total. The molecule has 1 aromatic rings.